The Hall–Kier alpha value is -0.860. The summed E-state index contributed by atoms with van der Waals surface area (Å²) in [5.41, 5.74) is 0. The zero-order valence-electron chi connectivity index (χ0n) is 7.52. The minimum Gasteiger partial charge on any atom is -0.349 e. The second kappa shape index (κ2) is 3.18. The van der Waals surface area contributed by atoms with E-state index in [9.17, 15) is 9.59 Å². The zero-order chi connectivity index (χ0) is 9.07. The van der Waals surface area contributed by atoms with Crippen LogP contribution in [0.15, 0.2) is 0 Å². The summed E-state index contributed by atoms with van der Waals surface area (Å²) < 4.78 is 19.8. The standard InChI is InChI=1S/C5H9NO2/c1-4(7)3-6-5(2)8/h3H2,1-2H3,(H,6,8)/i1D3. The molecule has 0 fully saturated rings. The van der Waals surface area contributed by atoms with Gasteiger partial charge in [0.15, 0.2) is 0 Å². The molecule has 3 nitrogen and oxygen atoms in total. The van der Waals surface area contributed by atoms with E-state index in [1.165, 1.54) is 6.92 Å². The summed E-state index contributed by atoms with van der Waals surface area (Å²) in [5.74, 6) is -1.37. The Morgan fingerprint density at radius 1 is 1.75 bits per heavy atom. The van der Waals surface area contributed by atoms with Crippen molar-refractivity contribution in [3.05, 3.63) is 0 Å². The van der Waals surface area contributed by atoms with Gasteiger partial charge in [0.1, 0.15) is 5.78 Å². The summed E-state index contributed by atoms with van der Waals surface area (Å²) in [5, 5.41) is 2.10. The lowest BCUT2D eigenvalue weighted by atomic mass is 10.4. The van der Waals surface area contributed by atoms with Gasteiger partial charge in [0.05, 0.1) is 6.54 Å². The van der Waals surface area contributed by atoms with Gasteiger partial charge in [-0.25, -0.2) is 0 Å². The van der Waals surface area contributed by atoms with Gasteiger partial charge in [0.2, 0.25) is 5.91 Å². The number of hydrogen-bond acceptors (Lipinski definition) is 2. The second-order valence-corrected chi connectivity index (χ2v) is 1.33. The molecule has 3 heteroatoms. The number of nitrogens with one attached hydrogen (secondary N) is 1. The average Bonchev–Trinajstić information content (AvgIpc) is 1.80. The lowest BCUT2D eigenvalue weighted by Gasteiger charge is -1.93. The normalized spacial score (nSPS) is 15.4. The summed E-state index contributed by atoms with van der Waals surface area (Å²) in [6.07, 6.45) is 0. The molecule has 0 aliphatic rings. The fourth-order valence-corrected chi connectivity index (χ4v) is 0.205. The van der Waals surface area contributed by atoms with Crippen LogP contribution in [0, 0.1) is 0 Å². The van der Waals surface area contributed by atoms with Crippen LogP contribution >= 0.6 is 0 Å². The quantitative estimate of drug-likeness (QED) is 0.541. The molecule has 1 amide bonds. The largest absolute Gasteiger partial charge is 0.349 e. The van der Waals surface area contributed by atoms with Crippen molar-refractivity contribution >= 4 is 11.7 Å². The topological polar surface area (TPSA) is 46.2 Å². The molecule has 0 radical (unpaired) electrons. The molecular weight excluding hydrogens is 106 g/mol. The van der Waals surface area contributed by atoms with Gasteiger partial charge < -0.3 is 5.32 Å². The molecular formula is C5H9NO2. The van der Waals surface area contributed by atoms with E-state index in [0.29, 0.717) is 0 Å². The van der Waals surface area contributed by atoms with Crippen LogP contribution in [0.5, 0.6) is 0 Å². The van der Waals surface area contributed by atoms with E-state index in [-0.39, 0.29) is 0 Å². The van der Waals surface area contributed by atoms with Crippen LogP contribution in [0.25, 0.3) is 0 Å². The molecule has 0 spiro atoms. The molecule has 8 heavy (non-hydrogen) atoms. The third kappa shape index (κ3) is 5.14. The first-order valence-electron chi connectivity index (χ1n) is 3.62. The van der Waals surface area contributed by atoms with E-state index in [0.717, 1.165) is 0 Å². The number of Topliss-reactive ketones (excluding diaryl/α,β-unsaturated/α-hetero) is 1. The maximum atomic E-state index is 10.6. The molecule has 1 N–H and O–H groups in total. The molecule has 0 saturated carbocycles. The first-order valence-corrected chi connectivity index (χ1v) is 2.12. The van der Waals surface area contributed by atoms with Crippen LogP contribution in [0.1, 0.15) is 17.9 Å². The Bertz CT molecular complexity index is 175. The van der Waals surface area contributed by atoms with Gasteiger partial charge in [0.25, 0.3) is 0 Å². The third-order valence-electron chi connectivity index (χ3n) is 0.498. The average molecular weight is 118 g/mol. The van der Waals surface area contributed by atoms with E-state index in [2.05, 4.69) is 5.32 Å². The lowest BCUT2D eigenvalue weighted by Crippen LogP contribution is -2.25. The van der Waals surface area contributed by atoms with Crippen molar-refractivity contribution in [2.75, 3.05) is 6.54 Å². The molecule has 0 saturated heterocycles. The monoisotopic (exact) mass is 118 g/mol. The fourth-order valence-electron chi connectivity index (χ4n) is 0.205. The van der Waals surface area contributed by atoms with Gasteiger partial charge in [-0.3, -0.25) is 9.59 Å². The maximum Gasteiger partial charge on any atom is 0.217 e. The second-order valence-electron chi connectivity index (χ2n) is 1.33. The smallest absolute Gasteiger partial charge is 0.217 e. The third-order valence-corrected chi connectivity index (χ3v) is 0.498. The molecule has 46 valence electrons. The molecule has 0 bridgehead atoms. The van der Waals surface area contributed by atoms with E-state index >= 15 is 0 Å². The van der Waals surface area contributed by atoms with Gasteiger partial charge in [-0.1, -0.05) is 0 Å². The Kier molecular flexibility index (Phi) is 1.28. The van der Waals surface area contributed by atoms with E-state index in [1.54, 1.807) is 0 Å². The minimum atomic E-state index is -2.61. The number of rotatable bonds is 2. The number of hydrogen-bond donors (Lipinski definition) is 1. The van der Waals surface area contributed by atoms with Crippen molar-refractivity contribution in [1.29, 1.82) is 0 Å². The SMILES string of the molecule is [2H]C([2H])([2H])C(=O)CNC(C)=O. The molecule has 0 heterocycles. The zero-order valence-corrected chi connectivity index (χ0v) is 4.52. The number of carbonyl (C=O) groups excluding carboxylic acids is 2. The molecule has 0 atom stereocenters. The Morgan fingerprint density at radius 2 is 2.38 bits per heavy atom. The lowest BCUT2D eigenvalue weighted by molar-refractivity contribution is -0.123. The van der Waals surface area contributed by atoms with Crippen molar-refractivity contribution in [2.45, 2.75) is 13.8 Å². The molecule has 0 unspecified atom stereocenters. The molecule has 0 aliphatic heterocycles. The van der Waals surface area contributed by atoms with Crippen molar-refractivity contribution in [1.82, 2.24) is 5.32 Å². The minimum absolute atomic E-state index is 0.414. The highest BCUT2D eigenvalue weighted by Crippen LogP contribution is 1.63. The highest BCUT2D eigenvalue weighted by atomic mass is 16.2. The van der Waals surface area contributed by atoms with Gasteiger partial charge in [-0.15, -0.1) is 0 Å². The van der Waals surface area contributed by atoms with E-state index in [4.69, 9.17) is 4.11 Å². The van der Waals surface area contributed by atoms with Crippen molar-refractivity contribution < 1.29 is 13.7 Å². The predicted molar refractivity (Wildman–Crippen MR) is 29.4 cm³/mol. The Labute approximate surface area is 52.3 Å². The summed E-state index contributed by atoms with van der Waals surface area (Å²) in [6.45, 7) is -1.82. The van der Waals surface area contributed by atoms with Crippen LogP contribution in [-0.4, -0.2) is 18.2 Å². The summed E-state index contributed by atoms with van der Waals surface area (Å²) in [6, 6.07) is 0. The molecule has 0 rings (SSSR count). The first-order chi connectivity index (χ1) is 4.84. The number of carbonyl (C=O) groups is 2. The highest BCUT2D eigenvalue weighted by Gasteiger charge is 1.91. The van der Waals surface area contributed by atoms with Crippen LogP contribution in [0.4, 0.5) is 0 Å². The van der Waals surface area contributed by atoms with Crippen LogP contribution in [0.3, 0.4) is 0 Å². The van der Waals surface area contributed by atoms with Gasteiger partial charge >= 0.3 is 0 Å². The molecule has 0 aromatic heterocycles. The van der Waals surface area contributed by atoms with Crippen molar-refractivity contribution in [3.63, 3.8) is 0 Å². The number of amides is 1. The van der Waals surface area contributed by atoms with Crippen LogP contribution in [-0.2, 0) is 9.59 Å². The van der Waals surface area contributed by atoms with Crippen LogP contribution < -0.4 is 5.32 Å². The molecule has 0 aromatic carbocycles. The highest BCUT2D eigenvalue weighted by molar-refractivity contribution is 5.83. The van der Waals surface area contributed by atoms with E-state index < -0.39 is 25.1 Å². The van der Waals surface area contributed by atoms with Gasteiger partial charge in [-0.2, -0.15) is 0 Å². The van der Waals surface area contributed by atoms with Gasteiger partial charge in [0, 0.05) is 11.0 Å². The summed E-state index contributed by atoms with van der Waals surface area (Å²) in [4.78, 5) is 20.8. The Morgan fingerprint density at radius 3 is 2.75 bits per heavy atom. The first kappa shape index (κ1) is 3.22. The van der Waals surface area contributed by atoms with Crippen molar-refractivity contribution in [3.8, 4) is 0 Å². The van der Waals surface area contributed by atoms with Crippen molar-refractivity contribution in [2.24, 2.45) is 0 Å². The van der Waals surface area contributed by atoms with Crippen LogP contribution in [0.2, 0.25) is 0 Å². The molecule has 0 aromatic rings. The maximum absolute atomic E-state index is 10.6. The van der Waals surface area contributed by atoms with Gasteiger partial charge in [-0.05, 0) is 6.85 Å². The number of ketones is 1. The predicted octanol–water partition coefficient (Wildman–Crippen LogP) is -0.288. The fraction of sp³-hybridized carbons (Fsp3) is 0.600. The van der Waals surface area contributed by atoms with E-state index in [1.807, 2.05) is 0 Å². The Balaban J connectivity index is 3.80. The summed E-state index contributed by atoms with van der Waals surface area (Å²) in [7, 11) is 0. The summed E-state index contributed by atoms with van der Waals surface area (Å²) >= 11 is 0. The molecule has 0 aliphatic carbocycles.